The second kappa shape index (κ2) is 9.68. The van der Waals surface area contributed by atoms with E-state index in [9.17, 15) is 9.59 Å². The van der Waals surface area contributed by atoms with Gasteiger partial charge in [0.25, 0.3) is 5.91 Å². The minimum atomic E-state index is -0.634. The smallest absolute Gasteiger partial charge is 0.265 e. The molecular formula is C25H28N4O3. The number of ether oxygens (including phenoxy) is 1. The quantitative estimate of drug-likeness (QED) is 0.545. The maximum absolute atomic E-state index is 13.0. The lowest BCUT2D eigenvalue weighted by molar-refractivity contribution is -0.123. The number of nitrogens with two attached hydrogens (primary N) is 1. The minimum Gasteiger partial charge on any atom is -0.481 e. The molecule has 3 N–H and O–H groups in total. The monoisotopic (exact) mass is 432 g/mol. The largest absolute Gasteiger partial charge is 0.481 e. The summed E-state index contributed by atoms with van der Waals surface area (Å²) in [5.74, 6) is 0.944. The zero-order chi connectivity index (χ0) is 22.5. The fourth-order valence-electron chi connectivity index (χ4n) is 3.91. The number of fused-ring (bicyclic) bond motifs is 1. The van der Waals surface area contributed by atoms with Gasteiger partial charge in [0.1, 0.15) is 11.6 Å². The topological polar surface area (TPSA) is 97.6 Å². The van der Waals surface area contributed by atoms with Crippen LogP contribution < -0.4 is 20.7 Å². The summed E-state index contributed by atoms with van der Waals surface area (Å²) in [6.45, 7) is 2.82. The van der Waals surface area contributed by atoms with Crippen molar-refractivity contribution < 1.29 is 14.3 Å². The van der Waals surface area contributed by atoms with Crippen molar-refractivity contribution >= 4 is 39.8 Å². The minimum absolute atomic E-state index is 0.140. The Morgan fingerprint density at radius 3 is 2.75 bits per heavy atom. The highest BCUT2D eigenvalue weighted by Crippen LogP contribution is 2.26. The molecule has 0 aliphatic carbocycles. The highest BCUT2D eigenvalue weighted by molar-refractivity contribution is 5.97. The van der Waals surface area contributed by atoms with Gasteiger partial charge in [-0.2, -0.15) is 0 Å². The van der Waals surface area contributed by atoms with Crippen molar-refractivity contribution in [3.8, 4) is 5.75 Å². The number of carbonyl (C=O) groups is 2. The number of carbonyl (C=O) groups excluding carboxylic acids is 2. The van der Waals surface area contributed by atoms with Crippen LogP contribution in [0.4, 0.5) is 17.2 Å². The van der Waals surface area contributed by atoms with Gasteiger partial charge in [-0.15, -0.1) is 0 Å². The SMILES string of the molecule is CCCCC(Oc1ccc2ccnc(N)c2c1)C(=O)Nc1ccc(N2CCCC2=O)cc1. The maximum Gasteiger partial charge on any atom is 0.265 e. The van der Waals surface area contributed by atoms with Crippen LogP contribution >= 0.6 is 0 Å². The van der Waals surface area contributed by atoms with Crippen LogP contribution in [-0.4, -0.2) is 29.4 Å². The summed E-state index contributed by atoms with van der Waals surface area (Å²) < 4.78 is 6.08. The van der Waals surface area contributed by atoms with Gasteiger partial charge in [0, 0.05) is 35.9 Å². The number of nitrogen functional groups attached to an aromatic ring is 1. The molecule has 0 saturated carbocycles. The lowest BCUT2D eigenvalue weighted by Crippen LogP contribution is -2.33. The predicted octanol–water partition coefficient (Wildman–Crippen LogP) is 4.52. The highest BCUT2D eigenvalue weighted by Gasteiger charge is 2.23. The van der Waals surface area contributed by atoms with Gasteiger partial charge < -0.3 is 20.7 Å². The molecule has 1 saturated heterocycles. The van der Waals surface area contributed by atoms with Crippen LogP contribution in [0.1, 0.15) is 39.0 Å². The third kappa shape index (κ3) is 4.82. The molecule has 7 heteroatoms. The molecule has 4 rings (SSSR count). The Balaban J connectivity index is 1.47. The number of aromatic nitrogens is 1. The van der Waals surface area contributed by atoms with E-state index in [0.29, 0.717) is 30.1 Å². The van der Waals surface area contributed by atoms with E-state index in [1.807, 2.05) is 48.5 Å². The molecular weight excluding hydrogens is 404 g/mol. The molecule has 1 aliphatic rings. The first kappa shape index (κ1) is 21.6. The highest BCUT2D eigenvalue weighted by atomic mass is 16.5. The Labute approximate surface area is 187 Å². The molecule has 2 amide bonds. The van der Waals surface area contributed by atoms with E-state index in [2.05, 4.69) is 17.2 Å². The molecule has 166 valence electrons. The summed E-state index contributed by atoms with van der Waals surface area (Å²) in [4.78, 5) is 30.8. The van der Waals surface area contributed by atoms with Crippen molar-refractivity contribution in [1.82, 2.24) is 4.98 Å². The zero-order valence-electron chi connectivity index (χ0n) is 18.2. The number of unbranched alkanes of at least 4 members (excludes halogenated alkanes) is 1. The zero-order valence-corrected chi connectivity index (χ0v) is 18.2. The van der Waals surface area contributed by atoms with Gasteiger partial charge in [-0.1, -0.05) is 19.4 Å². The molecule has 1 aromatic heterocycles. The van der Waals surface area contributed by atoms with Crippen molar-refractivity contribution in [2.45, 2.75) is 45.1 Å². The van der Waals surface area contributed by atoms with Crippen molar-refractivity contribution in [3.05, 3.63) is 54.7 Å². The summed E-state index contributed by atoms with van der Waals surface area (Å²) in [6.07, 6.45) is 4.93. The van der Waals surface area contributed by atoms with E-state index in [4.69, 9.17) is 10.5 Å². The molecule has 1 unspecified atom stereocenters. The first-order valence-electron chi connectivity index (χ1n) is 11.1. The average Bonchev–Trinajstić information content (AvgIpc) is 3.23. The summed E-state index contributed by atoms with van der Waals surface area (Å²) in [7, 11) is 0. The molecule has 1 aliphatic heterocycles. The van der Waals surface area contributed by atoms with Crippen LogP contribution in [-0.2, 0) is 9.59 Å². The number of hydrogen-bond donors (Lipinski definition) is 2. The molecule has 2 aromatic carbocycles. The number of nitrogens with zero attached hydrogens (tertiary/aromatic N) is 2. The molecule has 1 fully saturated rings. The third-order valence-corrected chi connectivity index (χ3v) is 5.68. The Morgan fingerprint density at radius 2 is 2.03 bits per heavy atom. The second-order valence-electron chi connectivity index (χ2n) is 8.01. The van der Waals surface area contributed by atoms with Crippen molar-refractivity contribution in [2.75, 3.05) is 22.5 Å². The molecule has 7 nitrogen and oxygen atoms in total. The van der Waals surface area contributed by atoms with Gasteiger partial charge in [-0.25, -0.2) is 4.98 Å². The molecule has 0 radical (unpaired) electrons. The van der Waals surface area contributed by atoms with E-state index in [0.717, 1.165) is 42.3 Å². The van der Waals surface area contributed by atoms with Crippen LogP contribution in [0, 0.1) is 0 Å². The summed E-state index contributed by atoms with van der Waals surface area (Å²) >= 11 is 0. The number of pyridine rings is 1. The fourth-order valence-corrected chi connectivity index (χ4v) is 3.91. The van der Waals surface area contributed by atoms with Gasteiger partial charge in [-0.05, 0) is 67.1 Å². The first-order chi connectivity index (χ1) is 15.5. The Bertz CT molecular complexity index is 1110. The standard InChI is InChI=1S/C25H28N4O3/c1-2-3-5-22(32-20-12-7-17-13-14-27-24(26)21(17)16-20)25(31)28-18-8-10-19(11-9-18)29-15-4-6-23(29)30/h7-14,16,22H,2-6,15H2,1H3,(H2,26,27)(H,28,31). The van der Waals surface area contributed by atoms with Crippen molar-refractivity contribution in [2.24, 2.45) is 0 Å². The summed E-state index contributed by atoms with van der Waals surface area (Å²) in [5, 5.41) is 4.71. The molecule has 1 atom stereocenters. The van der Waals surface area contributed by atoms with Gasteiger partial charge >= 0.3 is 0 Å². The lowest BCUT2D eigenvalue weighted by Gasteiger charge is -2.20. The molecule has 0 bridgehead atoms. The van der Waals surface area contributed by atoms with Crippen LogP contribution in [0.3, 0.4) is 0 Å². The number of hydrogen-bond acceptors (Lipinski definition) is 5. The molecule has 2 heterocycles. The van der Waals surface area contributed by atoms with E-state index >= 15 is 0 Å². The number of rotatable bonds is 8. The van der Waals surface area contributed by atoms with Crippen LogP contribution in [0.5, 0.6) is 5.75 Å². The average molecular weight is 433 g/mol. The van der Waals surface area contributed by atoms with Gasteiger partial charge in [0.15, 0.2) is 6.10 Å². The fraction of sp³-hybridized carbons (Fsp3) is 0.320. The Hall–Kier alpha value is -3.61. The predicted molar refractivity (Wildman–Crippen MR) is 127 cm³/mol. The number of anilines is 3. The Morgan fingerprint density at radius 1 is 1.22 bits per heavy atom. The maximum atomic E-state index is 13.0. The van der Waals surface area contributed by atoms with Gasteiger partial charge in [0.2, 0.25) is 5.91 Å². The van der Waals surface area contributed by atoms with E-state index in [-0.39, 0.29) is 11.8 Å². The number of benzene rings is 2. The summed E-state index contributed by atoms with van der Waals surface area (Å²) in [6, 6.07) is 14.8. The van der Waals surface area contributed by atoms with Gasteiger partial charge in [0.05, 0.1) is 0 Å². The third-order valence-electron chi connectivity index (χ3n) is 5.68. The second-order valence-corrected chi connectivity index (χ2v) is 8.01. The van der Waals surface area contributed by atoms with Crippen LogP contribution in [0.25, 0.3) is 10.8 Å². The van der Waals surface area contributed by atoms with E-state index in [1.54, 1.807) is 11.1 Å². The Kier molecular flexibility index (Phi) is 6.54. The van der Waals surface area contributed by atoms with Crippen molar-refractivity contribution in [1.29, 1.82) is 0 Å². The normalized spacial score (nSPS) is 14.5. The van der Waals surface area contributed by atoms with E-state index < -0.39 is 6.10 Å². The van der Waals surface area contributed by atoms with Crippen LogP contribution in [0.15, 0.2) is 54.7 Å². The van der Waals surface area contributed by atoms with Crippen molar-refractivity contribution in [3.63, 3.8) is 0 Å². The lowest BCUT2D eigenvalue weighted by atomic mass is 10.1. The number of nitrogens with one attached hydrogen (secondary N) is 1. The first-order valence-corrected chi connectivity index (χ1v) is 11.1. The molecule has 0 spiro atoms. The number of amides is 2. The van der Waals surface area contributed by atoms with E-state index in [1.165, 1.54) is 0 Å². The molecule has 32 heavy (non-hydrogen) atoms. The van der Waals surface area contributed by atoms with Gasteiger partial charge in [-0.3, -0.25) is 9.59 Å². The summed E-state index contributed by atoms with van der Waals surface area (Å²) in [5.41, 5.74) is 7.52. The molecule has 3 aromatic rings. The van der Waals surface area contributed by atoms with Crippen LogP contribution in [0.2, 0.25) is 0 Å².